The molecule has 94 valence electrons. The van der Waals surface area contributed by atoms with Crippen LogP contribution in [0, 0.1) is 17.0 Å². The van der Waals surface area contributed by atoms with E-state index in [9.17, 15) is 10.1 Å². The van der Waals surface area contributed by atoms with E-state index in [1.807, 2.05) is 11.5 Å². The molecule has 0 bridgehead atoms. The third-order valence-electron chi connectivity index (χ3n) is 3.41. The van der Waals surface area contributed by atoms with Crippen LogP contribution >= 0.6 is 27.5 Å². The van der Waals surface area contributed by atoms with Crippen molar-refractivity contribution in [1.82, 2.24) is 9.55 Å². The van der Waals surface area contributed by atoms with Crippen molar-refractivity contribution >= 4 is 44.3 Å². The topological polar surface area (TPSA) is 61.0 Å². The van der Waals surface area contributed by atoms with Gasteiger partial charge in [0, 0.05) is 6.54 Å². The minimum absolute atomic E-state index is 0.00815. The summed E-state index contributed by atoms with van der Waals surface area (Å²) in [7, 11) is 0. The molecule has 0 saturated heterocycles. The predicted molar refractivity (Wildman–Crippen MR) is 72.2 cm³/mol. The van der Waals surface area contributed by atoms with Crippen LogP contribution in [0.2, 0.25) is 5.28 Å². The van der Waals surface area contributed by atoms with Gasteiger partial charge in [0.05, 0.1) is 10.4 Å². The number of benzene rings is 1. The lowest BCUT2D eigenvalue weighted by molar-refractivity contribution is -0.384. The zero-order chi connectivity index (χ0) is 13.0. The van der Waals surface area contributed by atoms with Gasteiger partial charge in [-0.05, 0) is 58.4 Å². The lowest BCUT2D eigenvalue weighted by Crippen LogP contribution is -2.10. The molecule has 0 fully saturated rings. The first-order valence-corrected chi connectivity index (χ1v) is 6.70. The van der Waals surface area contributed by atoms with E-state index < -0.39 is 4.92 Å². The summed E-state index contributed by atoms with van der Waals surface area (Å²) in [5.41, 5.74) is 3.23. The average molecular weight is 331 g/mol. The second-order valence-electron chi connectivity index (χ2n) is 4.36. The van der Waals surface area contributed by atoms with E-state index in [-0.39, 0.29) is 5.69 Å². The van der Waals surface area contributed by atoms with E-state index in [4.69, 9.17) is 11.6 Å². The Morgan fingerprint density at radius 3 is 2.94 bits per heavy atom. The van der Waals surface area contributed by atoms with Crippen molar-refractivity contribution in [2.75, 3.05) is 0 Å². The number of imidazole rings is 1. The molecule has 0 unspecified atom stereocenters. The first-order valence-electron chi connectivity index (χ1n) is 5.53. The van der Waals surface area contributed by atoms with E-state index in [0.717, 1.165) is 36.0 Å². The minimum atomic E-state index is -0.404. The van der Waals surface area contributed by atoms with Crippen LogP contribution in [-0.2, 0) is 13.0 Å². The minimum Gasteiger partial charge on any atom is -0.314 e. The van der Waals surface area contributed by atoms with Gasteiger partial charge in [-0.25, -0.2) is 4.98 Å². The summed E-state index contributed by atoms with van der Waals surface area (Å²) in [5.74, 6) is 0. The molecule has 0 atom stereocenters. The fraction of sp³-hybridized carbons (Fsp3) is 0.364. The predicted octanol–water partition coefficient (Wildman–Crippen LogP) is 3.62. The van der Waals surface area contributed by atoms with Crippen molar-refractivity contribution < 1.29 is 4.92 Å². The van der Waals surface area contributed by atoms with Gasteiger partial charge in [0.15, 0.2) is 5.52 Å². The number of nitro groups is 1. The largest absolute Gasteiger partial charge is 0.314 e. The van der Waals surface area contributed by atoms with Gasteiger partial charge in [0.25, 0.3) is 0 Å². The summed E-state index contributed by atoms with van der Waals surface area (Å²) in [6, 6.07) is 0. The number of aryl methyl sites for hydroxylation is 2. The SMILES string of the molecule is Cc1c(Br)c([N+](=O)[O-])c2nc(Cl)n3c2c1CCC3. The lowest BCUT2D eigenvalue weighted by atomic mass is 9.98. The number of aromatic nitrogens is 2. The molecule has 2 aromatic rings. The van der Waals surface area contributed by atoms with Gasteiger partial charge in [-0.1, -0.05) is 0 Å². The van der Waals surface area contributed by atoms with Crippen LogP contribution in [0.4, 0.5) is 5.69 Å². The highest BCUT2D eigenvalue weighted by atomic mass is 79.9. The number of halogens is 2. The van der Waals surface area contributed by atoms with Crippen LogP contribution in [0.15, 0.2) is 4.47 Å². The van der Waals surface area contributed by atoms with Crippen molar-refractivity contribution in [2.24, 2.45) is 0 Å². The normalized spacial score (nSPS) is 14.2. The first-order chi connectivity index (χ1) is 8.52. The molecule has 0 radical (unpaired) electrons. The molecule has 1 aromatic heterocycles. The molecule has 5 nitrogen and oxygen atoms in total. The monoisotopic (exact) mass is 329 g/mol. The molecule has 0 amide bonds. The number of hydrogen-bond donors (Lipinski definition) is 0. The van der Waals surface area contributed by atoms with Gasteiger partial charge in [-0.2, -0.15) is 0 Å². The quantitative estimate of drug-likeness (QED) is 0.592. The van der Waals surface area contributed by atoms with Gasteiger partial charge in [0.2, 0.25) is 5.28 Å². The third-order valence-corrected chi connectivity index (χ3v) is 4.67. The highest BCUT2D eigenvalue weighted by molar-refractivity contribution is 9.10. The summed E-state index contributed by atoms with van der Waals surface area (Å²) in [6.07, 6.45) is 1.88. The molecular formula is C11H9BrClN3O2. The maximum atomic E-state index is 11.2. The van der Waals surface area contributed by atoms with Crippen molar-refractivity contribution in [1.29, 1.82) is 0 Å². The molecule has 7 heteroatoms. The summed E-state index contributed by atoms with van der Waals surface area (Å²) >= 11 is 9.39. The zero-order valence-electron chi connectivity index (χ0n) is 9.54. The Bertz CT molecular complexity index is 696. The number of nitro benzene ring substituents is 1. The molecule has 2 heterocycles. The van der Waals surface area contributed by atoms with E-state index in [1.54, 1.807) is 0 Å². The van der Waals surface area contributed by atoms with Crippen LogP contribution in [-0.4, -0.2) is 14.5 Å². The van der Waals surface area contributed by atoms with E-state index in [1.165, 1.54) is 0 Å². The standard InChI is InChI=1S/C11H9BrClN3O2/c1-5-6-3-2-4-15-9(6)8(14-11(15)13)10(7(5)12)16(17)18/h2-4H2,1H3. The fourth-order valence-corrected chi connectivity index (χ4v) is 3.40. The number of rotatable bonds is 1. The van der Waals surface area contributed by atoms with Crippen LogP contribution in [0.5, 0.6) is 0 Å². The van der Waals surface area contributed by atoms with Gasteiger partial charge < -0.3 is 4.57 Å². The third kappa shape index (κ3) is 1.42. The van der Waals surface area contributed by atoms with Crippen molar-refractivity contribution in [3.8, 4) is 0 Å². The van der Waals surface area contributed by atoms with Crippen LogP contribution in [0.25, 0.3) is 11.0 Å². The molecule has 1 aliphatic heterocycles. The zero-order valence-corrected chi connectivity index (χ0v) is 11.9. The van der Waals surface area contributed by atoms with Crippen LogP contribution in [0.1, 0.15) is 17.5 Å². The Labute approximate surface area is 116 Å². The van der Waals surface area contributed by atoms with E-state index in [2.05, 4.69) is 20.9 Å². The molecule has 0 N–H and O–H groups in total. The second-order valence-corrected chi connectivity index (χ2v) is 5.49. The Balaban J connectivity index is 2.56. The van der Waals surface area contributed by atoms with E-state index in [0.29, 0.717) is 15.3 Å². The van der Waals surface area contributed by atoms with Crippen LogP contribution in [0.3, 0.4) is 0 Å². The van der Waals surface area contributed by atoms with Gasteiger partial charge in [-0.3, -0.25) is 10.1 Å². The summed E-state index contributed by atoms with van der Waals surface area (Å²) in [5, 5.41) is 11.5. The average Bonchev–Trinajstić information content (AvgIpc) is 2.65. The van der Waals surface area contributed by atoms with Crippen LogP contribution < -0.4 is 0 Å². The number of nitrogens with zero attached hydrogens (tertiary/aromatic N) is 3. The van der Waals surface area contributed by atoms with Gasteiger partial charge in [-0.15, -0.1) is 0 Å². The van der Waals surface area contributed by atoms with Gasteiger partial charge in [0.1, 0.15) is 4.47 Å². The molecule has 0 saturated carbocycles. The summed E-state index contributed by atoms with van der Waals surface area (Å²) in [6.45, 7) is 2.66. The Kier molecular flexibility index (Phi) is 2.60. The summed E-state index contributed by atoms with van der Waals surface area (Å²) in [4.78, 5) is 15.0. The lowest BCUT2D eigenvalue weighted by Gasteiger charge is -2.18. The molecule has 0 aliphatic carbocycles. The molecule has 3 rings (SSSR count). The molecule has 18 heavy (non-hydrogen) atoms. The molecular weight excluding hydrogens is 321 g/mol. The first kappa shape index (κ1) is 11.9. The van der Waals surface area contributed by atoms with E-state index >= 15 is 0 Å². The molecule has 1 aromatic carbocycles. The fourth-order valence-electron chi connectivity index (χ4n) is 2.58. The molecule has 1 aliphatic rings. The Hall–Kier alpha value is -1.14. The smallest absolute Gasteiger partial charge is 0.311 e. The van der Waals surface area contributed by atoms with Gasteiger partial charge >= 0.3 is 5.69 Å². The Morgan fingerprint density at radius 1 is 1.56 bits per heavy atom. The van der Waals surface area contributed by atoms with Crippen molar-refractivity contribution in [3.05, 3.63) is 31.0 Å². The maximum Gasteiger partial charge on any atom is 0.311 e. The Morgan fingerprint density at radius 2 is 2.28 bits per heavy atom. The molecule has 0 spiro atoms. The maximum absolute atomic E-state index is 11.2. The number of hydrogen-bond acceptors (Lipinski definition) is 3. The van der Waals surface area contributed by atoms with Crippen molar-refractivity contribution in [2.45, 2.75) is 26.3 Å². The summed E-state index contributed by atoms with van der Waals surface area (Å²) < 4.78 is 2.38. The highest BCUT2D eigenvalue weighted by Gasteiger charge is 2.29. The highest BCUT2D eigenvalue weighted by Crippen LogP contribution is 2.41. The second kappa shape index (κ2) is 3.93. The van der Waals surface area contributed by atoms with Crippen molar-refractivity contribution in [3.63, 3.8) is 0 Å².